The predicted octanol–water partition coefficient (Wildman–Crippen LogP) is 4.61. The molecule has 0 fully saturated rings. The van der Waals surface area contributed by atoms with Crippen molar-refractivity contribution in [2.45, 2.75) is 44.4 Å². The van der Waals surface area contributed by atoms with Gasteiger partial charge in [-0.1, -0.05) is 20.8 Å². The molecule has 0 saturated carbocycles. The molecule has 0 spiro atoms. The van der Waals surface area contributed by atoms with Crippen LogP contribution in [-0.4, -0.2) is 19.3 Å². The van der Waals surface area contributed by atoms with Gasteiger partial charge in [0.1, 0.15) is 0 Å². The van der Waals surface area contributed by atoms with Crippen LogP contribution < -0.4 is 10.0 Å². The van der Waals surface area contributed by atoms with Crippen LogP contribution >= 0.6 is 0 Å². The van der Waals surface area contributed by atoms with Crippen molar-refractivity contribution in [1.29, 1.82) is 0 Å². The molecule has 0 unspecified atom stereocenters. The lowest BCUT2D eigenvalue weighted by atomic mass is 9.86. The summed E-state index contributed by atoms with van der Waals surface area (Å²) < 4.78 is 28.0. The van der Waals surface area contributed by atoms with Gasteiger partial charge in [0.15, 0.2) is 0 Å². The summed E-state index contributed by atoms with van der Waals surface area (Å²) in [6.45, 7) is 7.89. The van der Waals surface area contributed by atoms with E-state index in [4.69, 9.17) is 0 Å². The fourth-order valence-electron chi connectivity index (χ4n) is 2.89. The number of aromatic nitrogens is 1. The lowest BCUT2D eigenvalue weighted by molar-refractivity contribution is -0.114. The Kier molecular flexibility index (Phi) is 5.21. The maximum Gasteiger partial charge on any atom is 0.261 e. The molecule has 0 atom stereocenters. The quantitative estimate of drug-likeness (QED) is 0.565. The van der Waals surface area contributed by atoms with Gasteiger partial charge in [-0.25, -0.2) is 8.42 Å². The molecule has 0 aliphatic carbocycles. The SMILES string of the molecule is CCC(C)(C)c1cc2cc(NS(=O)(=O)c3ccc(NC(C)=O)cc3)ccc2[nH]1. The van der Waals surface area contributed by atoms with Crippen molar-refractivity contribution >= 4 is 38.2 Å². The fourth-order valence-corrected chi connectivity index (χ4v) is 3.94. The van der Waals surface area contributed by atoms with Gasteiger partial charge < -0.3 is 10.3 Å². The van der Waals surface area contributed by atoms with Crippen molar-refractivity contribution in [3.8, 4) is 0 Å². The Balaban J connectivity index is 1.85. The second kappa shape index (κ2) is 7.31. The molecule has 0 radical (unpaired) electrons. The number of rotatable bonds is 6. The van der Waals surface area contributed by atoms with Crippen LogP contribution in [-0.2, 0) is 20.2 Å². The molecule has 6 nitrogen and oxygen atoms in total. The second-order valence-electron chi connectivity index (χ2n) is 7.53. The third-order valence-corrected chi connectivity index (χ3v) is 6.37. The monoisotopic (exact) mass is 399 g/mol. The molecule has 0 bridgehead atoms. The molecule has 1 heterocycles. The number of H-pyrrole nitrogens is 1. The molecule has 3 rings (SSSR count). The molecule has 1 aromatic heterocycles. The van der Waals surface area contributed by atoms with Crippen molar-refractivity contribution in [3.05, 3.63) is 54.2 Å². The largest absolute Gasteiger partial charge is 0.358 e. The number of hydrogen-bond donors (Lipinski definition) is 3. The van der Waals surface area contributed by atoms with E-state index >= 15 is 0 Å². The van der Waals surface area contributed by atoms with E-state index in [1.54, 1.807) is 18.2 Å². The van der Waals surface area contributed by atoms with Crippen LogP contribution in [0, 0.1) is 0 Å². The van der Waals surface area contributed by atoms with Gasteiger partial charge >= 0.3 is 0 Å². The maximum atomic E-state index is 12.7. The minimum atomic E-state index is -3.73. The van der Waals surface area contributed by atoms with Crippen LogP contribution in [0.15, 0.2) is 53.4 Å². The Morgan fingerprint density at radius 3 is 2.29 bits per heavy atom. The van der Waals surface area contributed by atoms with Crippen LogP contribution in [0.25, 0.3) is 10.9 Å². The van der Waals surface area contributed by atoms with Crippen LogP contribution in [0.3, 0.4) is 0 Å². The van der Waals surface area contributed by atoms with Gasteiger partial charge in [0.25, 0.3) is 10.0 Å². The van der Waals surface area contributed by atoms with Crippen LogP contribution in [0.4, 0.5) is 11.4 Å². The summed E-state index contributed by atoms with van der Waals surface area (Å²) in [5, 5.41) is 3.57. The summed E-state index contributed by atoms with van der Waals surface area (Å²) >= 11 is 0. The smallest absolute Gasteiger partial charge is 0.261 e. The molecule has 0 aliphatic rings. The molecule has 1 amide bonds. The zero-order valence-electron chi connectivity index (χ0n) is 16.5. The molecule has 2 aromatic carbocycles. The molecule has 0 aliphatic heterocycles. The van der Waals surface area contributed by atoms with Crippen LogP contribution in [0.5, 0.6) is 0 Å². The predicted molar refractivity (Wildman–Crippen MR) is 113 cm³/mol. The summed E-state index contributed by atoms with van der Waals surface area (Å²) in [6.07, 6.45) is 0.994. The number of carbonyl (C=O) groups is 1. The minimum absolute atomic E-state index is 0.0222. The van der Waals surface area contributed by atoms with Crippen LogP contribution in [0.2, 0.25) is 0 Å². The Morgan fingerprint density at radius 1 is 1.04 bits per heavy atom. The fraction of sp³-hybridized carbons (Fsp3) is 0.286. The highest BCUT2D eigenvalue weighted by atomic mass is 32.2. The number of fused-ring (bicyclic) bond motifs is 1. The highest BCUT2D eigenvalue weighted by Gasteiger charge is 2.21. The molecule has 0 saturated heterocycles. The van der Waals surface area contributed by atoms with Crippen molar-refractivity contribution in [1.82, 2.24) is 4.98 Å². The number of hydrogen-bond acceptors (Lipinski definition) is 3. The Morgan fingerprint density at radius 2 is 1.68 bits per heavy atom. The van der Waals surface area contributed by atoms with Gasteiger partial charge in [0.05, 0.1) is 4.90 Å². The number of nitrogens with one attached hydrogen (secondary N) is 3. The normalized spacial score (nSPS) is 12.1. The number of anilines is 2. The molecule has 28 heavy (non-hydrogen) atoms. The van der Waals surface area contributed by atoms with E-state index in [1.807, 2.05) is 12.1 Å². The molecule has 148 valence electrons. The third-order valence-electron chi connectivity index (χ3n) is 4.97. The first-order valence-electron chi connectivity index (χ1n) is 9.14. The number of aromatic amines is 1. The molecule has 3 aromatic rings. The summed E-state index contributed by atoms with van der Waals surface area (Å²) in [6, 6.07) is 13.6. The molecule has 7 heteroatoms. The topological polar surface area (TPSA) is 91.1 Å². The van der Waals surface area contributed by atoms with Gasteiger partial charge in [-0.15, -0.1) is 0 Å². The highest BCUT2D eigenvalue weighted by Crippen LogP contribution is 2.30. The van der Waals surface area contributed by atoms with E-state index in [0.717, 1.165) is 23.0 Å². The van der Waals surface area contributed by atoms with Crippen molar-refractivity contribution in [3.63, 3.8) is 0 Å². The van der Waals surface area contributed by atoms with Gasteiger partial charge in [-0.3, -0.25) is 9.52 Å². The third kappa shape index (κ3) is 4.20. The lowest BCUT2D eigenvalue weighted by Gasteiger charge is -2.20. The minimum Gasteiger partial charge on any atom is -0.358 e. The number of carbonyl (C=O) groups excluding carboxylic acids is 1. The van der Waals surface area contributed by atoms with Gasteiger partial charge in [0.2, 0.25) is 5.91 Å². The van der Waals surface area contributed by atoms with Gasteiger partial charge in [-0.2, -0.15) is 0 Å². The van der Waals surface area contributed by atoms with E-state index in [0.29, 0.717) is 11.4 Å². The highest BCUT2D eigenvalue weighted by molar-refractivity contribution is 7.92. The van der Waals surface area contributed by atoms with E-state index in [-0.39, 0.29) is 16.2 Å². The summed E-state index contributed by atoms with van der Waals surface area (Å²) in [5.74, 6) is -0.209. The van der Waals surface area contributed by atoms with E-state index in [9.17, 15) is 13.2 Å². The summed E-state index contributed by atoms with van der Waals surface area (Å²) in [7, 11) is -3.73. The molecular formula is C21H25N3O3S. The number of amides is 1. The Hall–Kier alpha value is -2.80. The van der Waals surface area contributed by atoms with Gasteiger partial charge in [-0.05, 0) is 55.0 Å². The number of sulfonamides is 1. The van der Waals surface area contributed by atoms with E-state index < -0.39 is 10.0 Å². The first kappa shape index (κ1) is 19.9. The van der Waals surface area contributed by atoms with E-state index in [2.05, 4.69) is 41.9 Å². The van der Waals surface area contributed by atoms with Crippen molar-refractivity contribution in [2.75, 3.05) is 10.0 Å². The molecular weight excluding hydrogens is 374 g/mol. The zero-order valence-corrected chi connectivity index (χ0v) is 17.3. The summed E-state index contributed by atoms with van der Waals surface area (Å²) in [5.41, 5.74) is 3.16. The Labute approximate surface area is 165 Å². The second-order valence-corrected chi connectivity index (χ2v) is 9.22. The first-order valence-corrected chi connectivity index (χ1v) is 10.6. The number of benzene rings is 2. The Bertz CT molecular complexity index is 1110. The average molecular weight is 400 g/mol. The zero-order chi connectivity index (χ0) is 20.5. The van der Waals surface area contributed by atoms with E-state index in [1.165, 1.54) is 19.1 Å². The van der Waals surface area contributed by atoms with Gasteiger partial charge in [0, 0.05) is 40.3 Å². The van der Waals surface area contributed by atoms with Crippen LogP contribution in [0.1, 0.15) is 39.8 Å². The van der Waals surface area contributed by atoms with Crippen molar-refractivity contribution < 1.29 is 13.2 Å². The maximum absolute atomic E-state index is 12.7. The lowest BCUT2D eigenvalue weighted by Crippen LogP contribution is -2.15. The average Bonchev–Trinajstić information content (AvgIpc) is 3.05. The standard InChI is InChI=1S/C21H25N3O3S/c1-5-21(3,4)20-13-15-12-17(8-11-19(15)23-20)24-28(26,27)18-9-6-16(7-10-18)22-14(2)25/h6-13,23-24H,5H2,1-4H3,(H,22,25). The van der Waals surface area contributed by atoms with Crippen molar-refractivity contribution in [2.24, 2.45) is 0 Å². The first-order chi connectivity index (χ1) is 13.1. The molecule has 3 N–H and O–H groups in total. The summed E-state index contributed by atoms with van der Waals surface area (Å²) in [4.78, 5) is 14.6.